The van der Waals surface area contributed by atoms with Crippen molar-refractivity contribution in [1.29, 1.82) is 0 Å². The highest BCUT2D eigenvalue weighted by molar-refractivity contribution is 9.10. The van der Waals surface area contributed by atoms with Crippen LogP contribution in [0.25, 0.3) is 0 Å². The Labute approximate surface area is 148 Å². The normalized spacial score (nSPS) is 30.2. The minimum atomic E-state index is -0.348. The summed E-state index contributed by atoms with van der Waals surface area (Å²) in [4.78, 5) is 38.5. The SMILES string of the molecule is Cc1cc(NC(=O)CN2C(=O)[C@H]3[C@H](C2=O)[C@H]2C=C[C@H]3C2)ccc1Br. The number of nitrogens with one attached hydrogen (secondary N) is 1. The number of allylic oxidation sites excluding steroid dienone is 2. The van der Waals surface area contributed by atoms with Crippen LogP contribution in [0.1, 0.15) is 12.0 Å². The molecule has 4 atom stereocenters. The van der Waals surface area contributed by atoms with E-state index in [2.05, 4.69) is 21.2 Å². The summed E-state index contributed by atoms with van der Waals surface area (Å²) in [6.07, 6.45) is 4.99. The zero-order chi connectivity index (χ0) is 17.0. The zero-order valence-electron chi connectivity index (χ0n) is 13.2. The average Bonchev–Trinajstić information content (AvgIpc) is 3.21. The molecule has 3 amide bonds. The summed E-state index contributed by atoms with van der Waals surface area (Å²) >= 11 is 3.41. The van der Waals surface area contributed by atoms with Crippen molar-refractivity contribution < 1.29 is 14.4 Å². The van der Waals surface area contributed by atoms with E-state index in [-0.39, 0.29) is 47.9 Å². The van der Waals surface area contributed by atoms with E-state index in [9.17, 15) is 14.4 Å². The molecule has 1 N–H and O–H groups in total. The van der Waals surface area contributed by atoms with Gasteiger partial charge in [-0.3, -0.25) is 19.3 Å². The third-order valence-electron chi connectivity index (χ3n) is 5.31. The lowest BCUT2D eigenvalue weighted by molar-refractivity contribution is -0.143. The van der Waals surface area contributed by atoms with Crippen LogP contribution < -0.4 is 5.32 Å². The van der Waals surface area contributed by atoms with Crippen LogP contribution in [-0.4, -0.2) is 29.2 Å². The molecule has 1 aromatic carbocycles. The lowest BCUT2D eigenvalue weighted by Gasteiger charge is -2.17. The summed E-state index contributed by atoms with van der Waals surface area (Å²) < 4.78 is 0.959. The molecular formula is C18H17BrN2O3. The number of benzene rings is 1. The molecule has 1 aliphatic heterocycles. The van der Waals surface area contributed by atoms with Crippen LogP contribution in [0.3, 0.4) is 0 Å². The van der Waals surface area contributed by atoms with Gasteiger partial charge in [0.2, 0.25) is 17.7 Å². The quantitative estimate of drug-likeness (QED) is 0.638. The minimum absolute atomic E-state index is 0.165. The van der Waals surface area contributed by atoms with Crippen molar-refractivity contribution in [3.63, 3.8) is 0 Å². The second-order valence-corrected chi connectivity index (χ2v) is 7.63. The lowest BCUT2D eigenvalue weighted by Crippen LogP contribution is -2.39. The molecule has 24 heavy (non-hydrogen) atoms. The van der Waals surface area contributed by atoms with Gasteiger partial charge in [-0.2, -0.15) is 0 Å². The van der Waals surface area contributed by atoms with Gasteiger partial charge in [0.1, 0.15) is 6.54 Å². The molecular weight excluding hydrogens is 372 g/mol. The highest BCUT2D eigenvalue weighted by atomic mass is 79.9. The van der Waals surface area contributed by atoms with E-state index in [1.807, 2.05) is 31.2 Å². The minimum Gasteiger partial charge on any atom is -0.325 e. The number of halogens is 1. The van der Waals surface area contributed by atoms with Crippen LogP contribution >= 0.6 is 15.9 Å². The molecule has 5 nitrogen and oxygen atoms in total. The number of carbonyl (C=O) groups is 3. The van der Waals surface area contributed by atoms with Gasteiger partial charge >= 0.3 is 0 Å². The molecule has 1 saturated carbocycles. The fourth-order valence-electron chi connectivity index (χ4n) is 4.19. The predicted octanol–water partition coefficient (Wildman–Crippen LogP) is 2.50. The molecule has 0 radical (unpaired) electrons. The number of amides is 3. The largest absolute Gasteiger partial charge is 0.325 e. The zero-order valence-corrected chi connectivity index (χ0v) is 14.7. The Bertz CT molecular complexity index is 758. The summed E-state index contributed by atoms with van der Waals surface area (Å²) in [5, 5.41) is 2.76. The van der Waals surface area contributed by atoms with Crippen LogP contribution in [0.5, 0.6) is 0 Å². The molecule has 6 heteroatoms. The van der Waals surface area contributed by atoms with Gasteiger partial charge < -0.3 is 5.32 Å². The van der Waals surface area contributed by atoms with Crippen molar-refractivity contribution in [3.05, 3.63) is 40.4 Å². The van der Waals surface area contributed by atoms with Gasteiger partial charge in [0.25, 0.3) is 0 Å². The highest BCUT2D eigenvalue weighted by Gasteiger charge is 2.59. The van der Waals surface area contributed by atoms with Crippen LogP contribution in [0, 0.1) is 30.6 Å². The number of nitrogens with zero attached hydrogens (tertiary/aromatic N) is 1. The maximum absolute atomic E-state index is 12.6. The van der Waals surface area contributed by atoms with E-state index < -0.39 is 0 Å². The van der Waals surface area contributed by atoms with Gasteiger partial charge in [-0.25, -0.2) is 0 Å². The third kappa shape index (κ3) is 2.32. The first kappa shape index (κ1) is 15.6. The first-order valence-corrected chi connectivity index (χ1v) is 8.84. The second kappa shape index (κ2) is 5.55. The molecule has 2 aliphatic carbocycles. The summed E-state index contributed by atoms with van der Waals surface area (Å²) in [6, 6.07) is 5.47. The average molecular weight is 389 g/mol. The molecule has 124 valence electrons. The van der Waals surface area contributed by atoms with Gasteiger partial charge in [-0.1, -0.05) is 28.1 Å². The van der Waals surface area contributed by atoms with Gasteiger partial charge in [-0.05, 0) is 48.9 Å². The Hall–Kier alpha value is -1.95. The molecule has 3 aliphatic rings. The maximum atomic E-state index is 12.6. The van der Waals surface area contributed by atoms with E-state index in [4.69, 9.17) is 0 Å². The summed E-state index contributed by atoms with van der Waals surface area (Å²) in [7, 11) is 0. The predicted molar refractivity (Wildman–Crippen MR) is 91.9 cm³/mol. The number of anilines is 1. The van der Waals surface area contributed by atoms with Gasteiger partial charge in [0.05, 0.1) is 11.8 Å². The van der Waals surface area contributed by atoms with E-state index in [1.54, 1.807) is 6.07 Å². The molecule has 0 aromatic heterocycles. The van der Waals surface area contributed by atoms with Crippen molar-refractivity contribution >= 4 is 39.3 Å². The number of aryl methyl sites for hydroxylation is 1. The van der Waals surface area contributed by atoms with Gasteiger partial charge in [0.15, 0.2) is 0 Å². The monoisotopic (exact) mass is 388 g/mol. The van der Waals surface area contributed by atoms with E-state index in [1.165, 1.54) is 0 Å². The van der Waals surface area contributed by atoms with Crippen LogP contribution in [0.15, 0.2) is 34.8 Å². The number of carbonyl (C=O) groups excluding carboxylic acids is 3. The molecule has 0 spiro atoms. The summed E-state index contributed by atoms with van der Waals surface area (Å²) in [5.41, 5.74) is 1.65. The van der Waals surface area contributed by atoms with Crippen LogP contribution in [0.2, 0.25) is 0 Å². The number of imide groups is 1. The number of rotatable bonds is 3. The number of likely N-dealkylation sites (tertiary alicyclic amines) is 1. The highest BCUT2D eigenvalue weighted by Crippen LogP contribution is 2.52. The fraction of sp³-hybridized carbons (Fsp3) is 0.389. The number of hydrogen-bond donors (Lipinski definition) is 1. The summed E-state index contributed by atoms with van der Waals surface area (Å²) in [6.45, 7) is 1.72. The van der Waals surface area contributed by atoms with Crippen molar-refractivity contribution in [2.45, 2.75) is 13.3 Å². The molecule has 4 rings (SSSR count). The fourth-order valence-corrected chi connectivity index (χ4v) is 4.43. The Morgan fingerprint density at radius 1 is 1.21 bits per heavy atom. The topological polar surface area (TPSA) is 66.5 Å². The summed E-state index contributed by atoms with van der Waals surface area (Å²) in [5.74, 6) is -0.908. The van der Waals surface area contributed by atoms with Crippen molar-refractivity contribution in [1.82, 2.24) is 4.90 Å². The molecule has 1 saturated heterocycles. The van der Waals surface area contributed by atoms with Crippen molar-refractivity contribution in [2.24, 2.45) is 23.7 Å². The van der Waals surface area contributed by atoms with Crippen molar-refractivity contribution in [2.75, 3.05) is 11.9 Å². The first-order chi connectivity index (χ1) is 11.5. The van der Waals surface area contributed by atoms with Gasteiger partial charge in [0, 0.05) is 10.2 Å². The molecule has 2 bridgehead atoms. The maximum Gasteiger partial charge on any atom is 0.244 e. The second-order valence-electron chi connectivity index (χ2n) is 6.77. The number of fused-ring (bicyclic) bond motifs is 5. The smallest absolute Gasteiger partial charge is 0.244 e. The third-order valence-corrected chi connectivity index (χ3v) is 6.19. The Morgan fingerprint density at radius 3 is 2.42 bits per heavy atom. The Kier molecular flexibility index (Phi) is 3.60. The van der Waals surface area contributed by atoms with Gasteiger partial charge in [-0.15, -0.1) is 0 Å². The molecule has 1 aromatic rings. The molecule has 0 unspecified atom stereocenters. The van der Waals surface area contributed by atoms with E-state index >= 15 is 0 Å². The van der Waals surface area contributed by atoms with E-state index in [0.717, 1.165) is 21.4 Å². The molecule has 1 heterocycles. The first-order valence-electron chi connectivity index (χ1n) is 8.05. The van der Waals surface area contributed by atoms with Crippen LogP contribution in [-0.2, 0) is 14.4 Å². The lowest BCUT2D eigenvalue weighted by atomic mass is 9.85. The number of hydrogen-bond acceptors (Lipinski definition) is 3. The molecule has 2 fully saturated rings. The Morgan fingerprint density at radius 2 is 1.83 bits per heavy atom. The standard InChI is InChI=1S/C18H17BrN2O3/c1-9-6-12(4-5-13(9)19)20-14(22)8-21-17(23)15-10-2-3-11(7-10)16(15)18(21)24/h2-6,10-11,15-16H,7-8H2,1H3,(H,20,22)/t10-,11-,15+,16+/m0/s1. The Balaban J connectivity index is 1.46. The van der Waals surface area contributed by atoms with E-state index in [0.29, 0.717) is 5.69 Å². The van der Waals surface area contributed by atoms with Crippen LogP contribution in [0.4, 0.5) is 5.69 Å². The van der Waals surface area contributed by atoms with Crippen molar-refractivity contribution in [3.8, 4) is 0 Å².